The van der Waals surface area contributed by atoms with Crippen LogP contribution in [-0.2, 0) is 6.42 Å². The summed E-state index contributed by atoms with van der Waals surface area (Å²) in [4.78, 5) is 8.95. The van der Waals surface area contributed by atoms with E-state index in [1.165, 1.54) is 22.3 Å². The van der Waals surface area contributed by atoms with Gasteiger partial charge >= 0.3 is 0 Å². The van der Waals surface area contributed by atoms with E-state index in [1.54, 1.807) is 0 Å². The van der Waals surface area contributed by atoms with Crippen molar-refractivity contribution in [3.63, 3.8) is 0 Å². The largest absolute Gasteiger partial charge is 0.330 e. The average molecular weight is 255 g/mol. The zero-order valence-corrected chi connectivity index (χ0v) is 11.9. The predicted molar refractivity (Wildman–Crippen MR) is 79.1 cm³/mol. The molecule has 100 valence electrons. The third-order valence-electron chi connectivity index (χ3n) is 3.64. The highest BCUT2D eigenvalue weighted by molar-refractivity contribution is 5.65. The summed E-state index contributed by atoms with van der Waals surface area (Å²) in [5.74, 6) is 0.876. The molecule has 3 nitrogen and oxygen atoms in total. The molecule has 0 radical (unpaired) electrons. The van der Waals surface area contributed by atoms with Crippen LogP contribution < -0.4 is 5.73 Å². The van der Waals surface area contributed by atoms with E-state index in [0.717, 1.165) is 24.4 Å². The molecule has 0 aliphatic rings. The summed E-state index contributed by atoms with van der Waals surface area (Å²) in [7, 11) is 0. The van der Waals surface area contributed by atoms with E-state index in [2.05, 4.69) is 42.9 Å². The van der Waals surface area contributed by atoms with Gasteiger partial charge in [0, 0.05) is 18.2 Å². The molecule has 0 unspecified atom stereocenters. The molecular weight excluding hydrogens is 234 g/mol. The highest BCUT2D eigenvalue weighted by atomic mass is 14.9. The molecule has 0 fully saturated rings. The van der Waals surface area contributed by atoms with Crippen LogP contribution in [0.25, 0.3) is 11.3 Å². The van der Waals surface area contributed by atoms with Gasteiger partial charge in [0.2, 0.25) is 0 Å². The lowest BCUT2D eigenvalue weighted by Gasteiger charge is -2.11. The fourth-order valence-corrected chi connectivity index (χ4v) is 2.16. The Balaban J connectivity index is 2.39. The molecule has 2 aromatic rings. The maximum Gasteiger partial charge on any atom is 0.128 e. The second-order valence-corrected chi connectivity index (χ2v) is 4.93. The van der Waals surface area contributed by atoms with Crippen molar-refractivity contribution in [2.45, 2.75) is 33.6 Å². The Morgan fingerprint density at radius 3 is 2.58 bits per heavy atom. The third kappa shape index (κ3) is 2.99. The summed E-state index contributed by atoms with van der Waals surface area (Å²) in [6.07, 6.45) is 3.60. The van der Waals surface area contributed by atoms with Crippen LogP contribution >= 0.6 is 0 Å². The van der Waals surface area contributed by atoms with E-state index in [0.29, 0.717) is 6.54 Å². The van der Waals surface area contributed by atoms with Crippen molar-refractivity contribution in [1.29, 1.82) is 0 Å². The van der Waals surface area contributed by atoms with Crippen LogP contribution in [0.2, 0.25) is 0 Å². The van der Waals surface area contributed by atoms with Gasteiger partial charge in [-0.05, 0) is 56.5 Å². The minimum absolute atomic E-state index is 0.677. The first-order valence-electron chi connectivity index (χ1n) is 6.72. The number of aromatic nitrogens is 2. The molecule has 1 heterocycles. The van der Waals surface area contributed by atoms with E-state index >= 15 is 0 Å². The lowest BCUT2D eigenvalue weighted by atomic mass is 9.97. The standard InChI is InChI=1S/C16H21N3/c1-11-6-7-14(13(3)12(11)2)15-8-10-18-16(19-15)5-4-9-17/h6-8,10H,4-5,9,17H2,1-3H3. The number of nitrogens with zero attached hydrogens (tertiary/aromatic N) is 2. The fourth-order valence-electron chi connectivity index (χ4n) is 2.16. The predicted octanol–water partition coefficient (Wildman–Crippen LogP) is 2.96. The average Bonchev–Trinajstić information content (AvgIpc) is 2.43. The van der Waals surface area contributed by atoms with Crippen molar-refractivity contribution in [1.82, 2.24) is 9.97 Å². The monoisotopic (exact) mass is 255 g/mol. The van der Waals surface area contributed by atoms with Crippen LogP contribution in [0.4, 0.5) is 0 Å². The molecule has 2 rings (SSSR count). The Bertz CT molecular complexity index is 576. The summed E-state index contributed by atoms with van der Waals surface area (Å²) < 4.78 is 0. The summed E-state index contributed by atoms with van der Waals surface area (Å²) >= 11 is 0. The van der Waals surface area contributed by atoms with E-state index in [-0.39, 0.29) is 0 Å². The summed E-state index contributed by atoms with van der Waals surface area (Å²) in [5, 5.41) is 0. The van der Waals surface area contributed by atoms with E-state index in [1.807, 2.05) is 12.3 Å². The summed E-state index contributed by atoms with van der Waals surface area (Å²) in [6, 6.07) is 6.27. The Labute approximate surface area is 114 Å². The molecule has 3 heteroatoms. The maximum absolute atomic E-state index is 5.53. The van der Waals surface area contributed by atoms with Gasteiger partial charge in [-0.1, -0.05) is 12.1 Å². The summed E-state index contributed by atoms with van der Waals surface area (Å²) in [5.41, 5.74) is 11.7. The molecule has 1 aromatic heterocycles. The minimum atomic E-state index is 0.677. The number of nitrogens with two attached hydrogens (primary N) is 1. The zero-order valence-electron chi connectivity index (χ0n) is 11.9. The van der Waals surface area contributed by atoms with Crippen LogP contribution in [0.15, 0.2) is 24.4 Å². The van der Waals surface area contributed by atoms with Crippen LogP contribution in [0.5, 0.6) is 0 Å². The molecule has 0 aliphatic carbocycles. The van der Waals surface area contributed by atoms with E-state index < -0.39 is 0 Å². The van der Waals surface area contributed by atoms with Crippen LogP contribution in [0.3, 0.4) is 0 Å². The summed E-state index contributed by atoms with van der Waals surface area (Å²) in [6.45, 7) is 7.12. The van der Waals surface area contributed by atoms with Gasteiger partial charge in [-0.15, -0.1) is 0 Å². The van der Waals surface area contributed by atoms with Crippen molar-refractivity contribution < 1.29 is 0 Å². The second kappa shape index (κ2) is 5.93. The number of benzene rings is 1. The number of aryl methyl sites for hydroxylation is 2. The normalized spacial score (nSPS) is 10.7. The van der Waals surface area contributed by atoms with Gasteiger partial charge in [0.05, 0.1) is 5.69 Å². The fraction of sp³-hybridized carbons (Fsp3) is 0.375. The van der Waals surface area contributed by atoms with Gasteiger partial charge in [-0.3, -0.25) is 0 Å². The molecule has 0 bridgehead atoms. The molecule has 0 amide bonds. The van der Waals surface area contributed by atoms with Gasteiger partial charge in [-0.2, -0.15) is 0 Å². The van der Waals surface area contributed by atoms with Crippen molar-refractivity contribution in [3.05, 3.63) is 46.9 Å². The SMILES string of the molecule is Cc1ccc(-c2ccnc(CCCN)n2)c(C)c1C. The Kier molecular flexibility index (Phi) is 4.27. The first kappa shape index (κ1) is 13.7. The van der Waals surface area contributed by atoms with Crippen LogP contribution in [0, 0.1) is 20.8 Å². The highest BCUT2D eigenvalue weighted by Gasteiger charge is 2.08. The number of hydrogen-bond donors (Lipinski definition) is 1. The topological polar surface area (TPSA) is 51.8 Å². The molecule has 0 spiro atoms. The van der Waals surface area contributed by atoms with Crippen LogP contribution in [0.1, 0.15) is 28.9 Å². The lowest BCUT2D eigenvalue weighted by molar-refractivity contribution is 0.782. The van der Waals surface area contributed by atoms with Crippen molar-refractivity contribution in [2.24, 2.45) is 5.73 Å². The highest BCUT2D eigenvalue weighted by Crippen LogP contribution is 2.25. The maximum atomic E-state index is 5.53. The third-order valence-corrected chi connectivity index (χ3v) is 3.64. The quantitative estimate of drug-likeness (QED) is 0.913. The van der Waals surface area contributed by atoms with E-state index in [4.69, 9.17) is 5.73 Å². The van der Waals surface area contributed by atoms with Crippen molar-refractivity contribution in [3.8, 4) is 11.3 Å². The molecule has 0 atom stereocenters. The minimum Gasteiger partial charge on any atom is -0.330 e. The lowest BCUT2D eigenvalue weighted by Crippen LogP contribution is -2.04. The molecular formula is C16H21N3. The smallest absolute Gasteiger partial charge is 0.128 e. The molecule has 19 heavy (non-hydrogen) atoms. The van der Waals surface area contributed by atoms with Gasteiger partial charge < -0.3 is 5.73 Å². The molecule has 0 saturated heterocycles. The molecule has 2 N–H and O–H groups in total. The van der Waals surface area contributed by atoms with Gasteiger partial charge in [0.1, 0.15) is 5.82 Å². The van der Waals surface area contributed by atoms with Crippen molar-refractivity contribution >= 4 is 0 Å². The number of hydrogen-bond acceptors (Lipinski definition) is 3. The van der Waals surface area contributed by atoms with Gasteiger partial charge in [0.25, 0.3) is 0 Å². The van der Waals surface area contributed by atoms with Gasteiger partial charge in [0.15, 0.2) is 0 Å². The number of rotatable bonds is 4. The Morgan fingerprint density at radius 1 is 1.05 bits per heavy atom. The zero-order chi connectivity index (χ0) is 13.8. The molecule has 1 aromatic carbocycles. The first-order chi connectivity index (χ1) is 9.13. The molecule has 0 aliphatic heterocycles. The first-order valence-corrected chi connectivity index (χ1v) is 6.72. The second-order valence-electron chi connectivity index (χ2n) is 4.93. The van der Waals surface area contributed by atoms with E-state index in [9.17, 15) is 0 Å². The Morgan fingerprint density at radius 2 is 1.84 bits per heavy atom. The molecule has 0 saturated carbocycles. The van der Waals surface area contributed by atoms with Crippen LogP contribution in [-0.4, -0.2) is 16.5 Å². The van der Waals surface area contributed by atoms with Gasteiger partial charge in [-0.25, -0.2) is 9.97 Å². The van der Waals surface area contributed by atoms with Crippen molar-refractivity contribution in [2.75, 3.05) is 6.54 Å². The Hall–Kier alpha value is -1.74.